The number of nitriles is 1. The zero-order valence-electron chi connectivity index (χ0n) is 7.97. The maximum absolute atomic E-state index is 8.62. The second-order valence-corrected chi connectivity index (χ2v) is 4.58. The zero-order chi connectivity index (χ0) is 9.45. The molecule has 0 saturated carbocycles. The average Bonchev–Trinajstić information content (AvgIpc) is 2.04. The van der Waals surface area contributed by atoms with Crippen molar-refractivity contribution in [2.24, 2.45) is 5.73 Å². The molecule has 0 aliphatic carbocycles. The van der Waals surface area contributed by atoms with Crippen LogP contribution >= 0.6 is 11.8 Å². The Morgan fingerprint density at radius 3 is 2.67 bits per heavy atom. The van der Waals surface area contributed by atoms with Crippen LogP contribution in [0.5, 0.6) is 0 Å². The Kier molecular flexibility index (Phi) is 6.23. The minimum absolute atomic E-state index is 0.614. The summed E-state index contributed by atoms with van der Waals surface area (Å²) in [4.78, 5) is 0. The molecule has 0 heterocycles. The highest BCUT2D eigenvalue weighted by Crippen LogP contribution is 2.11. The normalized spacial score (nSPS) is 15.2. The molecule has 0 aliphatic rings. The second kappa shape index (κ2) is 6.33. The average molecular weight is 186 g/mol. The number of nitrogens with zero attached hydrogens (tertiary/aromatic N) is 1. The molecule has 0 saturated heterocycles. The third kappa shape index (κ3) is 6.51. The van der Waals surface area contributed by atoms with Crippen molar-refractivity contribution in [1.29, 1.82) is 5.26 Å². The fourth-order valence-corrected chi connectivity index (χ4v) is 1.59. The van der Waals surface area contributed by atoms with Gasteiger partial charge in [-0.3, -0.25) is 0 Å². The Balaban J connectivity index is 3.27. The van der Waals surface area contributed by atoms with Gasteiger partial charge >= 0.3 is 0 Å². The first-order chi connectivity index (χ1) is 5.62. The van der Waals surface area contributed by atoms with Gasteiger partial charge in [0.05, 0.1) is 6.07 Å². The molecular formula is C9H18N2S. The van der Waals surface area contributed by atoms with Gasteiger partial charge in [0.25, 0.3) is 0 Å². The number of unbranched alkanes of at least 4 members (excludes halogenated alkanes) is 1. The van der Waals surface area contributed by atoms with Gasteiger partial charge in [0.2, 0.25) is 0 Å². The van der Waals surface area contributed by atoms with Crippen molar-refractivity contribution < 1.29 is 0 Å². The Labute approximate surface area is 79.5 Å². The third-order valence-electron chi connectivity index (χ3n) is 1.69. The Morgan fingerprint density at radius 2 is 2.17 bits per heavy atom. The Morgan fingerprint density at radius 1 is 1.50 bits per heavy atom. The first kappa shape index (κ1) is 11.8. The van der Waals surface area contributed by atoms with Crippen molar-refractivity contribution in [3.63, 3.8) is 0 Å². The molecule has 0 radical (unpaired) electrons. The van der Waals surface area contributed by atoms with Gasteiger partial charge in [-0.25, -0.2) is 0 Å². The van der Waals surface area contributed by atoms with E-state index >= 15 is 0 Å². The summed E-state index contributed by atoms with van der Waals surface area (Å²) in [6.45, 7) is 3.95. The van der Waals surface area contributed by atoms with E-state index in [4.69, 9.17) is 11.0 Å². The number of nitrogens with two attached hydrogens (primary N) is 1. The van der Waals surface area contributed by atoms with E-state index in [0.717, 1.165) is 12.8 Å². The summed E-state index contributed by atoms with van der Waals surface area (Å²) in [7, 11) is 0. The van der Waals surface area contributed by atoms with E-state index in [1.807, 2.05) is 11.8 Å². The summed E-state index contributed by atoms with van der Waals surface area (Å²) in [5.74, 6) is 2.37. The van der Waals surface area contributed by atoms with E-state index in [9.17, 15) is 0 Å². The maximum atomic E-state index is 8.62. The lowest BCUT2D eigenvalue weighted by atomic mass is 9.99. The van der Waals surface area contributed by atoms with Gasteiger partial charge in [0, 0.05) is 0 Å². The van der Waals surface area contributed by atoms with Gasteiger partial charge in [0.1, 0.15) is 5.54 Å². The summed E-state index contributed by atoms with van der Waals surface area (Å²) in [6.07, 6.45) is 3.05. The van der Waals surface area contributed by atoms with Gasteiger partial charge in [-0.05, 0) is 37.7 Å². The molecule has 0 aromatic heterocycles. The van der Waals surface area contributed by atoms with Crippen LogP contribution in [0.4, 0.5) is 0 Å². The van der Waals surface area contributed by atoms with E-state index < -0.39 is 5.54 Å². The first-order valence-corrected chi connectivity index (χ1v) is 5.55. The van der Waals surface area contributed by atoms with E-state index in [-0.39, 0.29) is 0 Å². The molecule has 0 aliphatic heterocycles. The van der Waals surface area contributed by atoms with E-state index in [1.54, 1.807) is 6.92 Å². The minimum atomic E-state index is -0.614. The van der Waals surface area contributed by atoms with Crippen molar-refractivity contribution in [1.82, 2.24) is 0 Å². The highest BCUT2D eigenvalue weighted by Gasteiger charge is 2.15. The molecule has 12 heavy (non-hydrogen) atoms. The molecule has 2 nitrogen and oxygen atoms in total. The lowest BCUT2D eigenvalue weighted by Crippen LogP contribution is -2.33. The topological polar surface area (TPSA) is 49.8 Å². The van der Waals surface area contributed by atoms with Gasteiger partial charge in [-0.15, -0.1) is 0 Å². The summed E-state index contributed by atoms with van der Waals surface area (Å²) in [5, 5.41) is 8.62. The minimum Gasteiger partial charge on any atom is -0.314 e. The number of thioether (sulfide) groups is 1. The van der Waals surface area contributed by atoms with Gasteiger partial charge in [-0.1, -0.05) is 6.92 Å². The van der Waals surface area contributed by atoms with Gasteiger partial charge < -0.3 is 5.73 Å². The fraction of sp³-hybridized carbons (Fsp3) is 0.889. The molecule has 1 unspecified atom stereocenters. The smallest absolute Gasteiger partial charge is 0.101 e. The summed E-state index contributed by atoms with van der Waals surface area (Å²) < 4.78 is 0. The number of rotatable bonds is 6. The SMILES string of the molecule is CCSCCCCC(C)(N)C#N. The largest absolute Gasteiger partial charge is 0.314 e. The first-order valence-electron chi connectivity index (χ1n) is 4.40. The Hall–Kier alpha value is -0.200. The van der Waals surface area contributed by atoms with Crippen LogP contribution in [0.25, 0.3) is 0 Å². The summed E-state index contributed by atoms with van der Waals surface area (Å²) >= 11 is 1.94. The van der Waals surface area contributed by atoms with Crippen LogP contribution in [0.1, 0.15) is 33.1 Å². The molecule has 0 amide bonds. The van der Waals surface area contributed by atoms with Crippen LogP contribution in [-0.4, -0.2) is 17.0 Å². The molecule has 2 N–H and O–H groups in total. The van der Waals surface area contributed by atoms with E-state index in [0.29, 0.717) is 0 Å². The highest BCUT2D eigenvalue weighted by atomic mass is 32.2. The van der Waals surface area contributed by atoms with E-state index in [2.05, 4.69) is 13.0 Å². The predicted octanol–water partition coefficient (Wildman–Crippen LogP) is 2.15. The quantitative estimate of drug-likeness (QED) is 0.647. The van der Waals surface area contributed by atoms with Crippen molar-refractivity contribution >= 4 is 11.8 Å². The molecule has 3 heteroatoms. The van der Waals surface area contributed by atoms with Crippen molar-refractivity contribution in [3.05, 3.63) is 0 Å². The van der Waals surface area contributed by atoms with Gasteiger partial charge in [0.15, 0.2) is 0 Å². The van der Waals surface area contributed by atoms with Crippen molar-refractivity contribution in [3.8, 4) is 6.07 Å². The van der Waals surface area contributed by atoms with Gasteiger partial charge in [-0.2, -0.15) is 17.0 Å². The molecule has 0 rings (SSSR count). The van der Waals surface area contributed by atoms with Crippen molar-refractivity contribution in [2.75, 3.05) is 11.5 Å². The molecular weight excluding hydrogens is 168 g/mol. The molecule has 0 aromatic rings. The number of hydrogen-bond donors (Lipinski definition) is 1. The fourth-order valence-electron chi connectivity index (χ4n) is 0.897. The van der Waals surface area contributed by atoms with Crippen molar-refractivity contribution in [2.45, 2.75) is 38.6 Å². The molecule has 0 fully saturated rings. The number of hydrogen-bond acceptors (Lipinski definition) is 3. The predicted molar refractivity (Wildman–Crippen MR) is 55.1 cm³/mol. The Bertz CT molecular complexity index is 149. The van der Waals surface area contributed by atoms with Crippen LogP contribution in [0.15, 0.2) is 0 Å². The molecule has 70 valence electrons. The molecule has 0 aromatic carbocycles. The molecule has 1 atom stereocenters. The summed E-state index contributed by atoms with van der Waals surface area (Å²) in [5.41, 5.74) is 5.05. The van der Waals surface area contributed by atoms with E-state index in [1.165, 1.54) is 17.9 Å². The van der Waals surface area contributed by atoms with Crippen LogP contribution in [0.2, 0.25) is 0 Å². The third-order valence-corrected chi connectivity index (χ3v) is 2.68. The van der Waals surface area contributed by atoms with Crippen LogP contribution in [-0.2, 0) is 0 Å². The lowest BCUT2D eigenvalue weighted by molar-refractivity contribution is 0.519. The zero-order valence-corrected chi connectivity index (χ0v) is 8.78. The van der Waals surface area contributed by atoms with Crippen LogP contribution < -0.4 is 5.73 Å². The standard InChI is InChI=1S/C9H18N2S/c1-3-12-7-5-4-6-9(2,11)8-10/h3-7,11H2,1-2H3. The highest BCUT2D eigenvalue weighted by molar-refractivity contribution is 7.99. The maximum Gasteiger partial charge on any atom is 0.101 e. The van der Waals surface area contributed by atoms with Crippen LogP contribution in [0, 0.1) is 11.3 Å². The molecule has 0 bridgehead atoms. The lowest BCUT2D eigenvalue weighted by Gasteiger charge is -2.13. The second-order valence-electron chi connectivity index (χ2n) is 3.18. The summed E-state index contributed by atoms with van der Waals surface area (Å²) in [6, 6.07) is 2.10. The molecule has 0 spiro atoms. The monoisotopic (exact) mass is 186 g/mol. The van der Waals surface area contributed by atoms with Crippen LogP contribution in [0.3, 0.4) is 0 Å².